The Kier molecular flexibility index (Phi) is 6.94. The van der Waals surface area contributed by atoms with Gasteiger partial charge in [-0.3, -0.25) is 9.36 Å². The van der Waals surface area contributed by atoms with Gasteiger partial charge in [-0.2, -0.15) is 5.10 Å². The molecule has 1 amide bonds. The van der Waals surface area contributed by atoms with E-state index in [4.69, 9.17) is 27.6 Å². The lowest BCUT2D eigenvalue weighted by molar-refractivity contribution is -0.118. The van der Waals surface area contributed by atoms with Crippen LogP contribution in [0.15, 0.2) is 81.6 Å². The second-order valence-electron chi connectivity index (χ2n) is 6.62. The standard InChI is InChI=1S/C22H17Cl2N5O2S/c1-14(19-3-2-12-31-19)25-26-20(30)13-32-22-28-27-21(15-4-6-16(23)7-5-15)29(22)18-10-8-17(24)9-11-18/h2-12H,13H2,1H3,(H,26,30)/b25-14-. The molecule has 0 saturated heterocycles. The van der Waals surface area contributed by atoms with E-state index >= 15 is 0 Å². The van der Waals surface area contributed by atoms with E-state index < -0.39 is 0 Å². The summed E-state index contributed by atoms with van der Waals surface area (Å²) < 4.78 is 7.13. The second-order valence-corrected chi connectivity index (χ2v) is 8.44. The third kappa shape index (κ3) is 5.21. The number of carbonyl (C=O) groups is 1. The SMILES string of the molecule is C/C(=N/NC(=O)CSc1nnc(-c2ccc(Cl)cc2)n1-c1ccc(Cl)cc1)c1ccco1. The molecule has 32 heavy (non-hydrogen) atoms. The highest BCUT2D eigenvalue weighted by Crippen LogP contribution is 2.29. The smallest absolute Gasteiger partial charge is 0.250 e. The average Bonchev–Trinajstić information content (AvgIpc) is 3.48. The van der Waals surface area contributed by atoms with Crippen molar-refractivity contribution in [1.29, 1.82) is 0 Å². The van der Waals surface area contributed by atoms with E-state index in [1.807, 2.05) is 28.8 Å². The first-order valence-electron chi connectivity index (χ1n) is 9.48. The van der Waals surface area contributed by atoms with Gasteiger partial charge in [0.2, 0.25) is 0 Å². The lowest BCUT2D eigenvalue weighted by Crippen LogP contribution is -2.21. The summed E-state index contributed by atoms with van der Waals surface area (Å²) in [5.74, 6) is 1.03. The van der Waals surface area contributed by atoms with Crippen molar-refractivity contribution in [3.63, 3.8) is 0 Å². The number of thioether (sulfide) groups is 1. The summed E-state index contributed by atoms with van der Waals surface area (Å²) in [6.07, 6.45) is 1.55. The van der Waals surface area contributed by atoms with E-state index in [-0.39, 0.29) is 11.7 Å². The lowest BCUT2D eigenvalue weighted by Gasteiger charge is -2.10. The van der Waals surface area contributed by atoms with Crippen LogP contribution in [-0.2, 0) is 4.79 Å². The molecule has 1 N–H and O–H groups in total. The fraction of sp³-hybridized carbons (Fsp3) is 0.0909. The molecule has 4 aromatic rings. The molecule has 0 radical (unpaired) electrons. The van der Waals surface area contributed by atoms with Gasteiger partial charge >= 0.3 is 0 Å². The minimum atomic E-state index is -0.278. The number of hydrogen-bond donors (Lipinski definition) is 1. The zero-order valence-corrected chi connectivity index (χ0v) is 19.2. The number of amides is 1. The molecule has 7 nitrogen and oxygen atoms in total. The van der Waals surface area contributed by atoms with Crippen LogP contribution in [-0.4, -0.2) is 32.1 Å². The summed E-state index contributed by atoms with van der Waals surface area (Å²) in [7, 11) is 0. The van der Waals surface area contributed by atoms with Gasteiger partial charge in [-0.15, -0.1) is 10.2 Å². The number of furan rings is 1. The first kappa shape index (κ1) is 22.1. The molecule has 0 aliphatic heterocycles. The van der Waals surface area contributed by atoms with Crippen LogP contribution in [0, 0.1) is 0 Å². The van der Waals surface area contributed by atoms with Crippen LogP contribution in [0.5, 0.6) is 0 Å². The molecule has 4 rings (SSSR count). The average molecular weight is 486 g/mol. The number of aromatic nitrogens is 3. The maximum Gasteiger partial charge on any atom is 0.250 e. The normalized spacial score (nSPS) is 11.5. The van der Waals surface area contributed by atoms with Gasteiger partial charge in [0.1, 0.15) is 11.5 Å². The second kappa shape index (κ2) is 10.0. The van der Waals surface area contributed by atoms with E-state index in [2.05, 4.69) is 20.7 Å². The molecular weight excluding hydrogens is 469 g/mol. The van der Waals surface area contributed by atoms with Gasteiger partial charge in [0.25, 0.3) is 5.91 Å². The highest BCUT2D eigenvalue weighted by molar-refractivity contribution is 7.99. The molecule has 2 heterocycles. The molecule has 2 aromatic heterocycles. The number of hydrazone groups is 1. The van der Waals surface area contributed by atoms with Crippen molar-refractivity contribution >= 4 is 46.6 Å². The number of rotatable bonds is 7. The fourth-order valence-corrected chi connectivity index (χ4v) is 3.82. The van der Waals surface area contributed by atoms with Gasteiger partial charge in [-0.1, -0.05) is 35.0 Å². The van der Waals surface area contributed by atoms with Crippen LogP contribution in [0.2, 0.25) is 10.0 Å². The Morgan fingerprint density at radius 1 is 1.06 bits per heavy atom. The van der Waals surface area contributed by atoms with Gasteiger partial charge in [-0.25, -0.2) is 5.43 Å². The van der Waals surface area contributed by atoms with E-state index in [1.54, 1.807) is 49.6 Å². The highest BCUT2D eigenvalue weighted by Gasteiger charge is 2.17. The van der Waals surface area contributed by atoms with Gasteiger partial charge in [0.15, 0.2) is 11.0 Å². The molecule has 0 unspecified atom stereocenters. The molecule has 0 atom stereocenters. The number of benzene rings is 2. The number of carbonyl (C=O) groups excluding carboxylic acids is 1. The monoisotopic (exact) mass is 485 g/mol. The summed E-state index contributed by atoms with van der Waals surface area (Å²) in [5, 5.41) is 14.5. The Hall–Kier alpha value is -3.07. The molecular formula is C22H17Cl2N5O2S. The number of nitrogens with one attached hydrogen (secondary N) is 1. The Morgan fingerprint density at radius 3 is 2.41 bits per heavy atom. The van der Waals surface area contributed by atoms with Crippen LogP contribution >= 0.6 is 35.0 Å². The summed E-state index contributed by atoms with van der Waals surface area (Å²) in [6.45, 7) is 1.75. The van der Waals surface area contributed by atoms with Gasteiger partial charge < -0.3 is 4.42 Å². The maximum atomic E-state index is 12.3. The fourth-order valence-electron chi connectivity index (χ4n) is 2.82. The first-order valence-corrected chi connectivity index (χ1v) is 11.2. The largest absolute Gasteiger partial charge is 0.463 e. The summed E-state index contributed by atoms with van der Waals surface area (Å²) in [6, 6.07) is 18.2. The van der Waals surface area contributed by atoms with Crippen molar-refractivity contribution < 1.29 is 9.21 Å². The van der Waals surface area contributed by atoms with Crippen molar-refractivity contribution in [2.24, 2.45) is 5.10 Å². The van der Waals surface area contributed by atoms with Crippen LogP contribution in [0.1, 0.15) is 12.7 Å². The van der Waals surface area contributed by atoms with Gasteiger partial charge in [-0.05, 0) is 67.6 Å². The van der Waals surface area contributed by atoms with Gasteiger partial charge in [0, 0.05) is 21.3 Å². The molecule has 0 spiro atoms. The number of hydrogen-bond acceptors (Lipinski definition) is 6. The zero-order chi connectivity index (χ0) is 22.5. The summed E-state index contributed by atoms with van der Waals surface area (Å²) in [5.41, 5.74) is 4.76. The minimum absolute atomic E-state index is 0.0985. The van der Waals surface area contributed by atoms with Crippen LogP contribution in [0.3, 0.4) is 0 Å². The number of nitrogens with zero attached hydrogens (tertiary/aromatic N) is 4. The predicted molar refractivity (Wildman–Crippen MR) is 127 cm³/mol. The van der Waals surface area contributed by atoms with Crippen molar-refractivity contribution in [3.05, 3.63) is 82.7 Å². The van der Waals surface area contributed by atoms with Gasteiger partial charge in [0.05, 0.1) is 12.0 Å². The molecule has 0 aliphatic rings. The van der Waals surface area contributed by atoms with Crippen LogP contribution < -0.4 is 5.43 Å². The topological polar surface area (TPSA) is 85.3 Å². The quantitative estimate of drug-likeness (QED) is 0.213. The first-order chi connectivity index (χ1) is 15.5. The van der Waals surface area contributed by atoms with E-state index in [9.17, 15) is 4.79 Å². The molecule has 0 bridgehead atoms. The third-order valence-corrected chi connectivity index (χ3v) is 5.81. The summed E-state index contributed by atoms with van der Waals surface area (Å²) >= 11 is 13.3. The molecule has 0 fully saturated rings. The third-order valence-electron chi connectivity index (χ3n) is 4.38. The highest BCUT2D eigenvalue weighted by atomic mass is 35.5. The van der Waals surface area contributed by atoms with Crippen molar-refractivity contribution in [1.82, 2.24) is 20.2 Å². The van der Waals surface area contributed by atoms with Crippen LogP contribution in [0.25, 0.3) is 17.1 Å². The summed E-state index contributed by atoms with van der Waals surface area (Å²) in [4.78, 5) is 12.3. The molecule has 0 saturated carbocycles. The Balaban J connectivity index is 1.55. The van der Waals surface area contributed by atoms with E-state index in [0.717, 1.165) is 11.3 Å². The molecule has 2 aromatic carbocycles. The van der Waals surface area contributed by atoms with E-state index in [0.29, 0.717) is 32.5 Å². The Labute approximate surface area is 198 Å². The van der Waals surface area contributed by atoms with E-state index in [1.165, 1.54) is 11.8 Å². The predicted octanol–water partition coefficient (Wildman–Crippen LogP) is 5.47. The minimum Gasteiger partial charge on any atom is -0.463 e. The molecule has 162 valence electrons. The lowest BCUT2D eigenvalue weighted by atomic mass is 10.2. The van der Waals surface area contributed by atoms with Crippen molar-refractivity contribution in [2.45, 2.75) is 12.1 Å². The Bertz CT molecular complexity index is 1240. The number of halogens is 2. The molecule has 10 heteroatoms. The van der Waals surface area contributed by atoms with Crippen LogP contribution in [0.4, 0.5) is 0 Å². The Morgan fingerprint density at radius 2 is 1.75 bits per heavy atom. The zero-order valence-electron chi connectivity index (χ0n) is 16.8. The molecule has 0 aliphatic carbocycles. The van der Waals surface area contributed by atoms with Crippen molar-refractivity contribution in [3.8, 4) is 17.1 Å². The van der Waals surface area contributed by atoms with Crippen molar-refractivity contribution in [2.75, 3.05) is 5.75 Å². The maximum absolute atomic E-state index is 12.3.